The lowest BCUT2D eigenvalue weighted by molar-refractivity contribution is 0.360. The zero-order valence-electron chi connectivity index (χ0n) is 26.2. The maximum atomic E-state index is 6.62. The van der Waals surface area contributed by atoms with Crippen LogP contribution in [0.1, 0.15) is 25.0 Å². The van der Waals surface area contributed by atoms with E-state index in [4.69, 9.17) is 28.8 Å². The van der Waals surface area contributed by atoms with E-state index in [1.165, 1.54) is 16.7 Å². The Balaban J connectivity index is 1.08. The molecule has 0 spiro atoms. The van der Waals surface area contributed by atoms with Crippen molar-refractivity contribution in [1.29, 1.82) is 0 Å². The van der Waals surface area contributed by atoms with Crippen molar-refractivity contribution in [2.75, 3.05) is 0 Å². The number of furan rings is 1. The summed E-state index contributed by atoms with van der Waals surface area (Å²) in [5.74, 6) is 4.36. The van der Waals surface area contributed by atoms with Crippen LogP contribution in [0.25, 0.3) is 67.2 Å². The van der Waals surface area contributed by atoms with Crippen LogP contribution in [0.5, 0.6) is 23.0 Å². The third-order valence-electron chi connectivity index (χ3n) is 9.60. The van der Waals surface area contributed by atoms with Gasteiger partial charge >= 0.3 is 0 Å². The van der Waals surface area contributed by atoms with Gasteiger partial charge in [-0.05, 0) is 59.2 Å². The Morgan fingerprint density at radius 2 is 1.15 bits per heavy atom. The number of hydrogen-bond acceptors (Lipinski definition) is 6. The van der Waals surface area contributed by atoms with Gasteiger partial charge in [0.2, 0.25) is 0 Å². The van der Waals surface area contributed by atoms with Crippen molar-refractivity contribution in [1.82, 2.24) is 15.0 Å². The molecule has 6 nitrogen and oxygen atoms in total. The van der Waals surface area contributed by atoms with Gasteiger partial charge in [-0.3, -0.25) is 0 Å². The Kier molecular flexibility index (Phi) is 5.53. The Morgan fingerprint density at radius 3 is 2.00 bits per heavy atom. The highest BCUT2D eigenvalue weighted by molar-refractivity contribution is 6.05. The minimum absolute atomic E-state index is 0.129. The summed E-state index contributed by atoms with van der Waals surface area (Å²) >= 11 is 0. The van der Waals surface area contributed by atoms with Crippen LogP contribution in [0.2, 0.25) is 0 Å². The van der Waals surface area contributed by atoms with Crippen molar-refractivity contribution in [2.24, 2.45) is 0 Å². The first kappa shape index (κ1) is 26.9. The molecule has 0 bridgehead atoms. The SMILES string of the molecule is CC1(C)c2ccccc2-c2c1ccc1c2Oc2ccc(-c3nc(-c4ccccc4)nc(-c4ccc5c(c4)oc4ccccc45)n3)cc2O1. The Hall–Kier alpha value is -6.27. The molecule has 1 aliphatic heterocycles. The summed E-state index contributed by atoms with van der Waals surface area (Å²) in [5.41, 5.74) is 8.84. The summed E-state index contributed by atoms with van der Waals surface area (Å²) in [6.45, 7) is 4.52. The van der Waals surface area contributed by atoms with Gasteiger partial charge in [0.15, 0.2) is 40.5 Å². The van der Waals surface area contributed by atoms with Crippen molar-refractivity contribution < 1.29 is 13.9 Å². The largest absolute Gasteiger partial charge is 0.456 e. The van der Waals surface area contributed by atoms with Crippen LogP contribution in [-0.2, 0) is 5.41 Å². The molecule has 228 valence electrons. The molecular formula is C42H27N3O3. The minimum Gasteiger partial charge on any atom is -0.456 e. The normalized spacial score (nSPS) is 13.7. The molecule has 2 aliphatic rings. The van der Waals surface area contributed by atoms with Crippen molar-refractivity contribution in [3.63, 3.8) is 0 Å². The molecule has 0 N–H and O–H groups in total. The van der Waals surface area contributed by atoms with E-state index < -0.39 is 0 Å². The fourth-order valence-electron chi connectivity index (χ4n) is 7.18. The van der Waals surface area contributed by atoms with Crippen molar-refractivity contribution in [2.45, 2.75) is 19.3 Å². The lowest BCUT2D eigenvalue weighted by Crippen LogP contribution is -2.15. The van der Waals surface area contributed by atoms with Gasteiger partial charge in [0, 0.05) is 38.4 Å². The highest BCUT2D eigenvalue weighted by atomic mass is 16.6. The summed E-state index contributed by atoms with van der Waals surface area (Å²) in [7, 11) is 0. The van der Waals surface area contributed by atoms with E-state index in [9.17, 15) is 0 Å². The summed E-state index contributed by atoms with van der Waals surface area (Å²) in [6, 6.07) is 42.7. The van der Waals surface area contributed by atoms with Crippen LogP contribution in [0.3, 0.4) is 0 Å². The van der Waals surface area contributed by atoms with E-state index in [0.717, 1.165) is 49.9 Å². The van der Waals surface area contributed by atoms with Gasteiger partial charge in [-0.25, -0.2) is 15.0 Å². The maximum Gasteiger partial charge on any atom is 0.178 e. The second kappa shape index (κ2) is 9.86. The van der Waals surface area contributed by atoms with Gasteiger partial charge in [-0.2, -0.15) is 0 Å². The summed E-state index contributed by atoms with van der Waals surface area (Å²) in [4.78, 5) is 14.8. The molecular weight excluding hydrogens is 594 g/mol. The number of hydrogen-bond donors (Lipinski definition) is 0. The topological polar surface area (TPSA) is 70.3 Å². The van der Waals surface area contributed by atoms with Crippen molar-refractivity contribution in [3.05, 3.63) is 139 Å². The minimum atomic E-state index is -0.129. The second-order valence-corrected chi connectivity index (χ2v) is 12.8. The van der Waals surface area contributed by atoms with Crippen LogP contribution < -0.4 is 9.47 Å². The monoisotopic (exact) mass is 621 g/mol. The zero-order valence-corrected chi connectivity index (χ0v) is 26.2. The molecule has 10 rings (SSSR count). The fraction of sp³-hybridized carbons (Fsp3) is 0.0714. The van der Waals surface area contributed by atoms with Crippen LogP contribution in [0.15, 0.2) is 132 Å². The highest BCUT2D eigenvalue weighted by Crippen LogP contribution is 2.58. The van der Waals surface area contributed by atoms with Gasteiger partial charge in [-0.15, -0.1) is 0 Å². The Morgan fingerprint density at radius 1 is 0.479 bits per heavy atom. The van der Waals surface area contributed by atoms with Gasteiger partial charge < -0.3 is 13.9 Å². The molecule has 0 unspecified atom stereocenters. The van der Waals surface area contributed by atoms with E-state index in [1.807, 2.05) is 84.9 Å². The zero-order chi connectivity index (χ0) is 32.0. The lowest BCUT2D eigenvalue weighted by Gasteiger charge is -2.25. The molecule has 0 saturated carbocycles. The quantitative estimate of drug-likeness (QED) is 0.195. The molecule has 48 heavy (non-hydrogen) atoms. The van der Waals surface area contributed by atoms with Crippen LogP contribution >= 0.6 is 0 Å². The maximum absolute atomic E-state index is 6.62. The van der Waals surface area contributed by atoms with Crippen molar-refractivity contribution >= 4 is 21.9 Å². The Bertz CT molecular complexity index is 2610. The number of rotatable bonds is 3. The average molecular weight is 622 g/mol. The molecule has 0 radical (unpaired) electrons. The molecule has 8 aromatic rings. The highest BCUT2D eigenvalue weighted by Gasteiger charge is 2.39. The molecule has 3 heterocycles. The van der Waals surface area contributed by atoms with Crippen molar-refractivity contribution in [3.8, 4) is 68.3 Å². The Labute approximate surface area is 276 Å². The smallest absolute Gasteiger partial charge is 0.178 e. The standard InChI is InChI=1S/C42H27N3O3/c1-42(2)30-14-8-6-13-29(30)37-31(42)19-21-34-38(37)48-33-20-17-26(23-36(33)47-34)41-44-39(24-10-4-3-5-11-24)43-40(45-41)25-16-18-28-27-12-7-9-15-32(27)46-35(28)22-25/h3-23H,1-2H3. The van der Waals surface area contributed by atoms with E-state index in [-0.39, 0.29) is 5.41 Å². The summed E-state index contributed by atoms with van der Waals surface area (Å²) in [5, 5.41) is 2.13. The number of nitrogens with zero attached hydrogens (tertiary/aromatic N) is 3. The molecule has 6 heteroatoms. The summed E-state index contributed by atoms with van der Waals surface area (Å²) in [6.07, 6.45) is 0. The first-order valence-electron chi connectivity index (χ1n) is 16.0. The number of benzene rings is 6. The average Bonchev–Trinajstić information content (AvgIpc) is 3.62. The number of para-hydroxylation sites is 1. The molecule has 0 amide bonds. The first-order chi connectivity index (χ1) is 23.5. The van der Waals surface area contributed by atoms with E-state index in [2.05, 4.69) is 56.3 Å². The molecule has 2 aromatic heterocycles. The molecule has 0 saturated heterocycles. The van der Waals surface area contributed by atoms with E-state index >= 15 is 0 Å². The summed E-state index contributed by atoms with van der Waals surface area (Å²) < 4.78 is 19.4. The number of ether oxygens (including phenoxy) is 2. The van der Waals surface area contributed by atoms with E-state index in [0.29, 0.717) is 34.7 Å². The molecule has 6 aromatic carbocycles. The van der Waals surface area contributed by atoms with Gasteiger partial charge in [0.1, 0.15) is 11.2 Å². The van der Waals surface area contributed by atoms with Crippen LogP contribution in [0, 0.1) is 0 Å². The molecule has 0 atom stereocenters. The third-order valence-corrected chi connectivity index (χ3v) is 9.60. The lowest BCUT2D eigenvalue weighted by atomic mass is 9.82. The third kappa shape index (κ3) is 3.96. The predicted octanol–water partition coefficient (Wildman–Crippen LogP) is 11.0. The predicted molar refractivity (Wildman–Crippen MR) is 188 cm³/mol. The fourth-order valence-corrected chi connectivity index (χ4v) is 7.18. The number of aromatic nitrogens is 3. The van der Waals surface area contributed by atoms with Crippen LogP contribution in [-0.4, -0.2) is 15.0 Å². The van der Waals surface area contributed by atoms with Gasteiger partial charge in [0.05, 0.1) is 0 Å². The van der Waals surface area contributed by atoms with Crippen LogP contribution in [0.4, 0.5) is 0 Å². The first-order valence-corrected chi connectivity index (χ1v) is 16.0. The van der Waals surface area contributed by atoms with Gasteiger partial charge in [0.25, 0.3) is 0 Å². The second-order valence-electron chi connectivity index (χ2n) is 12.8. The van der Waals surface area contributed by atoms with E-state index in [1.54, 1.807) is 0 Å². The molecule has 1 aliphatic carbocycles. The van der Waals surface area contributed by atoms with Gasteiger partial charge in [-0.1, -0.05) is 98.8 Å². The number of fused-ring (bicyclic) bond motifs is 9. The molecule has 0 fully saturated rings.